The summed E-state index contributed by atoms with van der Waals surface area (Å²) in [6, 6.07) is 13.6. The van der Waals surface area contributed by atoms with E-state index in [4.69, 9.17) is 4.74 Å². The van der Waals surface area contributed by atoms with E-state index in [1.165, 1.54) is 0 Å². The number of epoxide rings is 1. The van der Waals surface area contributed by atoms with E-state index in [1.807, 2.05) is 30.3 Å². The van der Waals surface area contributed by atoms with Crippen molar-refractivity contribution in [1.82, 2.24) is 0 Å². The molecule has 4 nitrogen and oxygen atoms in total. The molecule has 4 aromatic carbocycles. The number of hydrogen-bond acceptors (Lipinski definition) is 4. The normalized spacial score (nSPS) is 28.4. The van der Waals surface area contributed by atoms with Gasteiger partial charge in [0.2, 0.25) is 0 Å². The van der Waals surface area contributed by atoms with E-state index in [0.717, 1.165) is 43.4 Å². The molecule has 0 aromatic heterocycles. The summed E-state index contributed by atoms with van der Waals surface area (Å²) in [6.07, 6.45) is -2.28. The van der Waals surface area contributed by atoms with Crippen molar-refractivity contribution in [2.75, 3.05) is 0 Å². The smallest absolute Gasteiger partial charge is 0.123 e. The van der Waals surface area contributed by atoms with E-state index in [2.05, 4.69) is 6.07 Å². The van der Waals surface area contributed by atoms with E-state index >= 15 is 0 Å². The van der Waals surface area contributed by atoms with Gasteiger partial charge in [0.15, 0.2) is 0 Å². The van der Waals surface area contributed by atoms with Gasteiger partial charge < -0.3 is 20.1 Å². The summed E-state index contributed by atoms with van der Waals surface area (Å²) < 4.78 is 5.64. The molecule has 1 aliphatic carbocycles. The fourth-order valence-corrected chi connectivity index (χ4v) is 4.45. The van der Waals surface area contributed by atoms with Crippen LogP contribution >= 0.6 is 0 Å². The van der Waals surface area contributed by atoms with Gasteiger partial charge in [-0.25, -0.2) is 0 Å². The van der Waals surface area contributed by atoms with Crippen LogP contribution in [-0.2, 0) is 4.74 Å². The van der Waals surface area contributed by atoms with Crippen LogP contribution in [0, 0.1) is 0 Å². The van der Waals surface area contributed by atoms with Crippen molar-refractivity contribution >= 4 is 32.3 Å². The third kappa shape index (κ3) is 1.36. The molecule has 118 valence electrons. The fraction of sp³-hybridized carbons (Fsp3) is 0.200. The third-order valence-electron chi connectivity index (χ3n) is 5.62. The van der Waals surface area contributed by atoms with Crippen LogP contribution in [0.4, 0.5) is 0 Å². The highest BCUT2D eigenvalue weighted by Crippen LogP contribution is 2.54. The molecule has 0 saturated carbocycles. The first-order valence-corrected chi connectivity index (χ1v) is 8.10. The first kappa shape index (κ1) is 13.0. The van der Waals surface area contributed by atoms with Crippen LogP contribution in [-0.4, -0.2) is 27.5 Å². The zero-order valence-corrected chi connectivity index (χ0v) is 12.6. The van der Waals surface area contributed by atoms with Crippen LogP contribution in [0.5, 0.6) is 5.75 Å². The van der Waals surface area contributed by atoms with Gasteiger partial charge in [-0.1, -0.05) is 30.3 Å². The van der Waals surface area contributed by atoms with Gasteiger partial charge in [-0.15, -0.1) is 0 Å². The first-order chi connectivity index (χ1) is 11.6. The molecule has 0 amide bonds. The van der Waals surface area contributed by atoms with Crippen molar-refractivity contribution in [2.45, 2.75) is 24.4 Å². The maximum atomic E-state index is 10.5. The van der Waals surface area contributed by atoms with Crippen molar-refractivity contribution in [3.05, 3.63) is 53.6 Å². The first-order valence-electron chi connectivity index (χ1n) is 8.10. The maximum Gasteiger partial charge on any atom is 0.123 e. The highest BCUT2D eigenvalue weighted by atomic mass is 16.6. The second-order valence-electron chi connectivity index (χ2n) is 6.84. The lowest BCUT2D eigenvalue weighted by molar-refractivity contribution is 0.000163. The van der Waals surface area contributed by atoms with Crippen LogP contribution in [0.15, 0.2) is 42.5 Å². The van der Waals surface area contributed by atoms with Gasteiger partial charge in [0.1, 0.15) is 30.2 Å². The maximum absolute atomic E-state index is 10.5. The summed E-state index contributed by atoms with van der Waals surface area (Å²) in [4.78, 5) is 0. The van der Waals surface area contributed by atoms with Gasteiger partial charge in [0, 0.05) is 10.8 Å². The highest BCUT2D eigenvalue weighted by Gasteiger charge is 2.54. The monoisotopic (exact) mass is 318 g/mol. The number of aromatic hydroxyl groups is 1. The van der Waals surface area contributed by atoms with Gasteiger partial charge in [-0.2, -0.15) is 0 Å². The van der Waals surface area contributed by atoms with E-state index in [1.54, 1.807) is 6.07 Å². The molecule has 3 N–H and O–H groups in total. The van der Waals surface area contributed by atoms with Crippen LogP contribution in [0.25, 0.3) is 32.3 Å². The molecule has 2 aliphatic rings. The Kier molecular flexibility index (Phi) is 2.15. The lowest BCUT2D eigenvalue weighted by Gasteiger charge is -2.26. The topological polar surface area (TPSA) is 73.2 Å². The Bertz CT molecular complexity index is 1150. The number of benzene rings is 4. The standard InChI is InChI=1S/C20H14O4/c21-13-6-3-8-1-5-11-15-9(2-4-10(13)14(8)15)7-12-16(11)19-20(24-19)18(23)17(12)22/h1-7,17-23H/t17-,18+,19+,20+/m1/s1. The molecule has 4 atom stereocenters. The van der Waals surface area contributed by atoms with E-state index in [9.17, 15) is 15.3 Å². The van der Waals surface area contributed by atoms with Gasteiger partial charge in [0.05, 0.1) is 0 Å². The molecule has 0 spiro atoms. The molecule has 4 aromatic rings. The zero-order valence-electron chi connectivity index (χ0n) is 12.6. The lowest BCUT2D eigenvalue weighted by atomic mass is 9.81. The van der Waals surface area contributed by atoms with Gasteiger partial charge in [-0.3, -0.25) is 0 Å². The predicted octanol–water partition coefficient (Wildman–Crippen LogP) is 3.14. The quantitative estimate of drug-likeness (QED) is 0.344. The molecule has 1 saturated heterocycles. The van der Waals surface area contributed by atoms with Crippen LogP contribution in [0.1, 0.15) is 23.3 Å². The predicted molar refractivity (Wildman–Crippen MR) is 90.4 cm³/mol. The van der Waals surface area contributed by atoms with Crippen molar-refractivity contribution in [2.24, 2.45) is 0 Å². The Morgan fingerprint density at radius 3 is 2.42 bits per heavy atom. The lowest BCUT2D eigenvalue weighted by Crippen LogP contribution is -2.29. The van der Waals surface area contributed by atoms with Gasteiger partial charge >= 0.3 is 0 Å². The van der Waals surface area contributed by atoms with E-state index < -0.39 is 12.2 Å². The van der Waals surface area contributed by atoms with Crippen LogP contribution in [0.2, 0.25) is 0 Å². The zero-order chi connectivity index (χ0) is 16.2. The molecule has 24 heavy (non-hydrogen) atoms. The van der Waals surface area contributed by atoms with Gasteiger partial charge in [0.25, 0.3) is 0 Å². The number of rotatable bonds is 0. The second-order valence-corrected chi connectivity index (χ2v) is 6.84. The Balaban J connectivity index is 1.85. The molecular weight excluding hydrogens is 304 g/mol. The van der Waals surface area contributed by atoms with Crippen molar-refractivity contribution in [3.63, 3.8) is 0 Å². The average Bonchev–Trinajstić information content (AvgIpc) is 3.39. The third-order valence-corrected chi connectivity index (χ3v) is 5.62. The minimum atomic E-state index is -0.931. The molecule has 1 fully saturated rings. The number of ether oxygens (including phenoxy) is 1. The Hall–Kier alpha value is -2.40. The summed E-state index contributed by atoms with van der Waals surface area (Å²) in [5.74, 6) is 0.269. The molecule has 0 unspecified atom stereocenters. The minimum absolute atomic E-state index is 0.156. The molecule has 1 aliphatic heterocycles. The largest absolute Gasteiger partial charge is 0.507 e. The average molecular weight is 318 g/mol. The number of aliphatic hydroxyl groups excluding tert-OH is 2. The number of hydrogen-bond donors (Lipinski definition) is 3. The SMILES string of the molecule is Oc1ccc2ccc3c4c(cc5ccc1c2c53)[C@@H](O)[C@H](O)[C@@H]1O[C@@H]41. The molecule has 1 heterocycles. The summed E-state index contributed by atoms with van der Waals surface area (Å²) in [5.41, 5.74) is 1.72. The number of aliphatic hydroxyl groups is 2. The van der Waals surface area contributed by atoms with Crippen molar-refractivity contribution < 1.29 is 20.1 Å². The summed E-state index contributed by atoms with van der Waals surface area (Å²) in [7, 11) is 0. The van der Waals surface area contributed by atoms with Gasteiger partial charge in [-0.05, 0) is 44.8 Å². The Labute approximate surface area is 136 Å². The summed E-state index contributed by atoms with van der Waals surface area (Å²) in [6.45, 7) is 0. The number of fused-ring (bicyclic) bond motifs is 4. The molecule has 6 rings (SSSR count). The Morgan fingerprint density at radius 2 is 1.54 bits per heavy atom. The minimum Gasteiger partial charge on any atom is -0.507 e. The molecule has 4 heteroatoms. The highest BCUT2D eigenvalue weighted by molar-refractivity contribution is 6.25. The summed E-state index contributed by atoms with van der Waals surface area (Å²) >= 11 is 0. The van der Waals surface area contributed by atoms with E-state index in [-0.39, 0.29) is 18.0 Å². The van der Waals surface area contributed by atoms with Crippen molar-refractivity contribution in [3.8, 4) is 5.75 Å². The number of phenols is 1. The van der Waals surface area contributed by atoms with E-state index in [0.29, 0.717) is 0 Å². The fourth-order valence-electron chi connectivity index (χ4n) is 4.45. The molecule has 0 bridgehead atoms. The molecular formula is C20H14O4. The van der Waals surface area contributed by atoms with Crippen LogP contribution in [0.3, 0.4) is 0 Å². The second kappa shape index (κ2) is 3.98. The summed E-state index contributed by atoms with van der Waals surface area (Å²) in [5, 5.41) is 36.9. The van der Waals surface area contributed by atoms with Crippen LogP contribution < -0.4 is 0 Å². The Morgan fingerprint density at radius 1 is 0.833 bits per heavy atom. The van der Waals surface area contributed by atoms with Crippen molar-refractivity contribution in [1.29, 1.82) is 0 Å². The molecule has 0 radical (unpaired) electrons. The number of phenolic OH excluding ortho intramolecular Hbond substituents is 1.